The van der Waals surface area contributed by atoms with Crippen molar-refractivity contribution < 1.29 is 27.5 Å². The predicted octanol–water partition coefficient (Wildman–Crippen LogP) is 1.48. The molecule has 0 aliphatic carbocycles. The van der Waals surface area contributed by atoms with E-state index in [1.165, 1.54) is 6.07 Å². The third kappa shape index (κ3) is 5.94. The number of rotatable bonds is 8. The Labute approximate surface area is 159 Å². The number of methoxy groups -OCH3 is 2. The minimum absolute atomic E-state index is 0. The van der Waals surface area contributed by atoms with Crippen LogP contribution in [0.1, 0.15) is 47.4 Å². The Morgan fingerprint density at radius 3 is 1.81 bits per heavy atom. The molecule has 0 radical (unpaired) electrons. The molecule has 26 heavy (non-hydrogen) atoms. The second-order valence-electron chi connectivity index (χ2n) is 5.62. The van der Waals surface area contributed by atoms with E-state index in [0.29, 0.717) is 12.8 Å². The van der Waals surface area contributed by atoms with E-state index >= 15 is 0 Å². The van der Waals surface area contributed by atoms with Crippen LogP contribution in [-0.2, 0) is 19.5 Å². The van der Waals surface area contributed by atoms with Crippen LogP contribution in [0.3, 0.4) is 0 Å². The number of carbonyl (C=O) groups is 2. The van der Waals surface area contributed by atoms with Gasteiger partial charge in [0.15, 0.2) is 0 Å². The fourth-order valence-corrected chi connectivity index (χ4v) is 3.26. The summed E-state index contributed by atoms with van der Waals surface area (Å²) in [6, 6.07) is 3.48. The Kier molecular flexibility index (Phi) is 9.23. The van der Waals surface area contributed by atoms with Crippen molar-refractivity contribution in [3.63, 3.8) is 0 Å². The van der Waals surface area contributed by atoms with Crippen molar-refractivity contribution in [1.82, 2.24) is 4.72 Å². The lowest BCUT2D eigenvalue weighted by atomic mass is 9.95. The molecule has 0 aliphatic heterocycles. The lowest BCUT2D eigenvalue weighted by Crippen LogP contribution is -2.49. The van der Waals surface area contributed by atoms with Gasteiger partial charge in [-0.15, -0.1) is 12.4 Å². The molecule has 0 atom stereocenters. The van der Waals surface area contributed by atoms with Crippen LogP contribution in [0, 0.1) is 0 Å². The number of hydrogen-bond donors (Lipinski definition) is 2. The second-order valence-corrected chi connectivity index (χ2v) is 7.39. The van der Waals surface area contributed by atoms with Gasteiger partial charge in [-0.1, -0.05) is 13.8 Å². The molecule has 8 nitrogen and oxygen atoms in total. The van der Waals surface area contributed by atoms with E-state index < -0.39 is 27.5 Å². The van der Waals surface area contributed by atoms with Crippen molar-refractivity contribution >= 4 is 34.4 Å². The molecule has 0 saturated carbocycles. The van der Waals surface area contributed by atoms with Crippen molar-refractivity contribution in [2.24, 2.45) is 5.73 Å². The monoisotopic (exact) mass is 408 g/mol. The van der Waals surface area contributed by atoms with Gasteiger partial charge < -0.3 is 15.2 Å². The van der Waals surface area contributed by atoms with Crippen LogP contribution in [0.2, 0.25) is 0 Å². The maximum absolute atomic E-state index is 12.6. The first-order valence-corrected chi connectivity index (χ1v) is 9.21. The van der Waals surface area contributed by atoms with Crippen molar-refractivity contribution in [1.29, 1.82) is 0 Å². The molecule has 1 rings (SSSR count). The Balaban J connectivity index is 0.00000625. The number of hydrogen-bond acceptors (Lipinski definition) is 7. The summed E-state index contributed by atoms with van der Waals surface area (Å²) in [5, 5.41) is 0. The molecule has 0 saturated heterocycles. The van der Waals surface area contributed by atoms with Crippen LogP contribution >= 0.6 is 12.4 Å². The molecule has 0 spiro atoms. The number of esters is 2. The van der Waals surface area contributed by atoms with Gasteiger partial charge in [-0.05, 0) is 31.0 Å². The zero-order chi connectivity index (χ0) is 19.3. The van der Waals surface area contributed by atoms with Crippen molar-refractivity contribution in [2.45, 2.75) is 37.1 Å². The molecule has 0 aromatic heterocycles. The fraction of sp³-hybridized carbons (Fsp3) is 0.500. The molecule has 3 N–H and O–H groups in total. The number of nitrogens with two attached hydrogens (primary N) is 1. The van der Waals surface area contributed by atoms with Crippen molar-refractivity contribution in [2.75, 3.05) is 20.8 Å². The molecular weight excluding hydrogens is 384 g/mol. The molecule has 148 valence electrons. The molecule has 0 unspecified atom stereocenters. The number of sulfonamides is 1. The molecular formula is C16H25ClN2O6S. The Morgan fingerprint density at radius 1 is 1.04 bits per heavy atom. The van der Waals surface area contributed by atoms with Gasteiger partial charge in [0.05, 0.1) is 30.2 Å². The summed E-state index contributed by atoms with van der Waals surface area (Å²) >= 11 is 0. The van der Waals surface area contributed by atoms with E-state index in [1.807, 2.05) is 13.8 Å². The first-order chi connectivity index (χ1) is 11.6. The normalized spacial score (nSPS) is 11.4. The second kappa shape index (κ2) is 9.86. The Bertz CT molecular complexity index is 713. The molecule has 0 heterocycles. The third-order valence-corrected chi connectivity index (χ3v) is 5.46. The summed E-state index contributed by atoms with van der Waals surface area (Å²) in [6.45, 7) is 3.76. The van der Waals surface area contributed by atoms with Crippen molar-refractivity contribution in [3.8, 4) is 0 Å². The van der Waals surface area contributed by atoms with Crippen LogP contribution < -0.4 is 10.5 Å². The first-order valence-electron chi connectivity index (χ1n) is 7.72. The van der Waals surface area contributed by atoms with Gasteiger partial charge in [0.25, 0.3) is 0 Å². The highest BCUT2D eigenvalue weighted by molar-refractivity contribution is 7.89. The van der Waals surface area contributed by atoms with Crippen LogP contribution in [0.25, 0.3) is 0 Å². The van der Waals surface area contributed by atoms with Gasteiger partial charge in [-0.3, -0.25) is 0 Å². The largest absolute Gasteiger partial charge is 0.465 e. The average molecular weight is 409 g/mol. The van der Waals surface area contributed by atoms with E-state index in [9.17, 15) is 18.0 Å². The first kappa shape index (κ1) is 24.3. The Hall–Kier alpha value is -1.68. The fourth-order valence-electron chi connectivity index (χ4n) is 2.05. The zero-order valence-corrected chi connectivity index (χ0v) is 16.8. The smallest absolute Gasteiger partial charge is 0.337 e. The van der Waals surface area contributed by atoms with Crippen LogP contribution in [0.4, 0.5) is 0 Å². The summed E-state index contributed by atoms with van der Waals surface area (Å²) in [6.07, 6.45) is 1.17. The van der Waals surface area contributed by atoms with Crippen LogP contribution in [0.5, 0.6) is 0 Å². The highest BCUT2D eigenvalue weighted by atomic mass is 35.5. The highest BCUT2D eigenvalue weighted by Gasteiger charge is 2.26. The molecule has 0 aliphatic rings. The van der Waals surface area contributed by atoms with Gasteiger partial charge >= 0.3 is 11.9 Å². The summed E-state index contributed by atoms with van der Waals surface area (Å²) < 4.78 is 36.8. The molecule has 10 heteroatoms. The minimum Gasteiger partial charge on any atom is -0.465 e. The topological polar surface area (TPSA) is 125 Å². The van der Waals surface area contributed by atoms with E-state index in [0.717, 1.165) is 26.4 Å². The minimum atomic E-state index is -3.99. The number of carbonyl (C=O) groups excluding carboxylic acids is 2. The van der Waals surface area contributed by atoms with E-state index in [4.69, 9.17) is 5.73 Å². The van der Waals surface area contributed by atoms with Gasteiger partial charge in [-0.2, -0.15) is 0 Å². The number of benzene rings is 1. The summed E-state index contributed by atoms with van der Waals surface area (Å²) in [5.74, 6) is -1.53. The van der Waals surface area contributed by atoms with Gasteiger partial charge in [-0.25, -0.2) is 22.7 Å². The SMILES string of the molecule is CCC(N)(CC)CNS(=O)(=O)c1cc(C(=O)OC)cc(C(=O)OC)c1.Cl. The van der Waals surface area contributed by atoms with Crippen LogP contribution in [-0.4, -0.2) is 46.7 Å². The van der Waals surface area contributed by atoms with Crippen LogP contribution in [0.15, 0.2) is 23.1 Å². The number of nitrogens with one attached hydrogen (secondary N) is 1. The van der Waals surface area contributed by atoms with Gasteiger partial charge in [0.1, 0.15) is 0 Å². The summed E-state index contributed by atoms with van der Waals surface area (Å²) in [7, 11) is -1.67. The maximum Gasteiger partial charge on any atom is 0.337 e. The molecule has 0 bridgehead atoms. The third-order valence-electron chi connectivity index (χ3n) is 4.08. The average Bonchev–Trinajstić information content (AvgIpc) is 2.64. The van der Waals surface area contributed by atoms with E-state index in [1.54, 1.807) is 0 Å². The quantitative estimate of drug-likeness (QED) is 0.624. The lowest BCUT2D eigenvalue weighted by Gasteiger charge is -2.26. The summed E-state index contributed by atoms with van der Waals surface area (Å²) in [4.78, 5) is 23.3. The van der Waals surface area contributed by atoms with E-state index in [2.05, 4.69) is 14.2 Å². The standard InChI is InChI=1S/C16H24N2O6S.ClH/c1-5-16(17,6-2)10-18-25(21,22)13-8-11(14(19)23-3)7-12(9-13)15(20)24-4;/h7-9,18H,5-6,10,17H2,1-4H3;1H. The number of halogens is 1. The molecule has 0 fully saturated rings. The van der Waals surface area contributed by atoms with E-state index in [-0.39, 0.29) is 35.0 Å². The predicted molar refractivity (Wildman–Crippen MR) is 99.1 cm³/mol. The molecule has 1 aromatic carbocycles. The zero-order valence-electron chi connectivity index (χ0n) is 15.2. The maximum atomic E-state index is 12.6. The van der Waals surface area contributed by atoms with Crippen molar-refractivity contribution in [3.05, 3.63) is 29.3 Å². The number of ether oxygens (including phenoxy) is 2. The lowest BCUT2D eigenvalue weighted by molar-refractivity contribution is 0.0598. The Morgan fingerprint density at radius 2 is 1.46 bits per heavy atom. The highest BCUT2D eigenvalue weighted by Crippen LogP contribution is 2.18. The molecule has 1 aromatic rings. The van der Waals surface area contributed by atoms with Gasteiger partial charge in [0, 0.05) is 12.1 Å². The summed E-state index contributed by atoms with van der Waals surface area (Å²) in [5.41, 5.74) is 5.28. The van der Waals surface area contributed by atoms with Gasteiger partial charge in [0.2, 0.25) is 10.0 Å². The molecule has 0 amide bonds.